The van der Waals surface area contributed by atoms with Gasteiger partial charge in [0.15, 0.2) is 0 Å². The van der Waals surface area contributed by atoms with Gasteiger partial charge in [0.2, 0.25) is 5.91 Å². The van der Waals surface area contributed by atoms with Gasteiger partial charge in [-0.3, -0.25) is 4.79 Å². The summed E-state index contributed by atoms with van der Waals surface area (Å²) in [5.41, 5.74) is 1.76. The molecule has 0 spiro atoms. The molecule has 6 rings (SSSR count). The summed E-state index contributed by atoms with van der Waals surface area (Å²) in [6, 6.07) is 11.2. The lowest BCUT2D eigenvalue weighted by Crippen LogP contribution is -2.59. The van der Waals surface area contributed by atoms with Crippen LogP contribution in [0.3, 0.4) is 0 Å². The SMILES string of the molecule is O=C(N1CCCCCC1)C12C[C@H]3C[C@@H](C1)CC(c1ccccc1)(C3)C2. The fourth-order valence-electron chi connectivity index (χ4n) is 7.25. The molecule has 4 atom stereocenters. The molecule has 5 aliphatic rings. The monoisotopic (exact) mass is 337 g/mol. The molecule has 5 fully saturated rings. The van der Waals surface area contributed by atoms with Gasteiger partial charge in [-0.25, -0.2) is 0 Å². The normalized spacial score (nSPS) is 40.1. The maximum atomic E-state index is 13.7. The Morgan fingerprint density at radius 3 is 2.16 bits per heavy atom. The van der Waals surface area contributed by atoms with Crippen molar-refractivity contribution in [3.63, 3.8) is 0 Å². The molecule has 1 aromatic rings. The molecule has 1 aliphatic heterocycles. The summed E-state index contributed by atoms with van der Waals surface area (Å²) in [5.74, 6) is 2.08. The standard InChI is InChI=1S/C23H31NO/c25-21(24-10-6-1-2-7-11-24)23-15-18-12-19(16-23)14-22(13-18,17-23)20-8-4-3-5-9-20/h3-5,8-9,18-19H,1-2,6-7,10-17H2/t18-,19+,22?,23?. The van der Waals surface area contributed by atoms with Crippen LogP contribution in [0.25, 0.3) is 0 Å². The highest BCUT2D eigenvalue weighted by molar-refractivity contribution is 5.83. The predicted molar refractivity (Wildman–Crippen MR) is 100 cm³/mol. The van der Waals surface area contributed by atoms with E-state index in [-0.39, 0.29) is 10.8 Å². The van der Waals surface area contributed by atoms with Crippen LogP contribution in [-0.2, 0) is 10.2 Å². The predicted octanol–water partition coefficient (Wildman–Crippen LogP) is 4.93. The van der Waals surface area contributed by atoms with Gasteiger partial charge < -0.3 is 4.90 Å². The molecule has 1 saturated heterocycles. The van der Waals surface area contributed by atoms with Crippen LogP contribution in [-0.4, -0.2) is 23.9 Å². The summed E-state index contributed by atoms with van der Waals surface area (Å²) >= 11 is 0. The second-order valence-electron chi connectivity index (χ2n) is 9.59. The van der Waals surface area contributed by atoms with Crippen LogP contribution in [0.5, 0.6) is 0 Å². The Morgan fingerprint density at radius 1 is 0.880 bits per heavy atom. The van der Waals surface area contributed by atoms with E-state index in [9.17, 15) is 4.79 Å². The van der Waals surface area contributed by atoms with Crippen molar-refractivity contribution in [2.24, 2.45) is 17.3 Å². The number of carbonyl (C=O) groups is 1. The first-order valence-corrected chi connectivity index (χ1v) is 10.5. The van der Waals surface area contributed by atoms with Crippen LogP contribution in [0.1, 0.15) is 69.8 Å². The summed E-state index contributed by atoms with van der Waals surface area (Å²) in [6.45, 7) is 2.02. The Hall–Kier alpha value is -1.31. The molecule has 1 heterocycles. The summed E-state index contributed by atoms with van der Waals surface area (Å²) < 4.78 is 0. The lowest BCUT2D eigenvalue weighted by Gasteiger charge is -2.62. The van der Waals surface area contributed by atoms with Crippen LogP contribution in [0, 0.1) is 17.3 Å². The zero-order valence-electron chi connectivity index (χ0n) is 15.4. The van der Waals surface area contributed by atoms with Gasteiger partial charge in [0.1, 0.15) is 0 Å². The molecular weight excluding hydrogens is 306 g/mol. The number of benzene rings is 1. The van der Waals surface area contributed by atoms with Gasteiger partial charge in [-0.15, -0.1) is 0 Å². The molecular formula is C23H31NO. The molecule has 0 radical (unpaired) electrons. The molecule has 2 unspecified atom stereocenters. The Balaban J connectivity index is 1.48. The summed E-state index contributed by atoms with van der Waals surface area (Å²) in [6.07, 6.45) is 12.5. The van der Waals surface area contributed by atoms with Crippen molar-refractivity contribution in [2.45, 2.75) is 69.6 Å². The first-order valence-electron chi connectivity index (χ1n) is 10.5. The number of rotatable bonds is 2. The van der Waals surface area contributed by atoms with E-state index in [4.69, 9.17) is 0 Å². The minimum absolute atomic E-state index is 0.0374. The Bertz CT molecular complexity index is 629. The maximum Gasteiger partial charge on any atom is 0.228 e. The van der Waals surface area contributed by atoms with E-state index in [0.29, 0.717) is 5.91 Å². The van der Waals surface area contributed by atoms with Crippen molar-refractivity contribution in [3.05, 3.63) is 35.9 Å². The van der Waals surface area contributed by atoms with Gasteiger partial charge >= 0.3 is 0 Å². The van der Waals surface area contributed by atoms with Crippen molar-refractivity contribution in [1.29, 1.82) is 0 Å². The zero-order valence-corrected chi connectivity index (χ0v) is 15.4. The largest absolute Gasteiger partial charge is 0.342 e. The number of nitrogens with zero attached hydrogens (tertiary/aromatic N) is 1. The van der Waals surface area contributed by atoms with E-state index in [0.717, 1.165) is 31.3 Å². The highest BCUT2D eigenvalue weighted by Gasteiger charge is 2.61. The number of hydrogen-bond donors (Lipinski definition) is 0. The van der Waals surface area contributed by atoms with E-state index >= 15 is 0 Å². The lowest BCUT2D eigenvalue weighted by atomic mass is 9.42. The van der Waals surface area contributed by atoms with E-state index in [2.05, 4.69) is 35.2 Å². The zero-order chi connectivity index (χ0) is 16.9. The number of hydrogen-bond acceptors (Lipinski definition) is 1. The Labute approximate surface area is 152 Å². The molecule has 4 bridgehead atoms. The first kappa shape index (κ1) is 15.9. The smallest absolute Gasteiger partial charge is 0.228 e. The Morgan fingerprint density at radius 2 is 1.52 bits per heavy atom. The third-order valence-corrected chi connectivity index (χ3v) is 7.79. The van der Waals surface area contributed by atoms with Crippen LogP contribution in [0.15, 0.2) is 30.3 Å². The van der Waals surface area contributed by atoms with Gasteiger partial charge in [-0.1, -0.05) is 43.2 Å². The molecule has 1 aromatic carbocycles. The summed E-state index contributed by atoms with van der Waals surface area (Å²) in [4.78, 5) is 16.0. The van der Waals surface area contributed by atoms with Gasteiger partial charge in [0.05, 0.1) is 5.41 Å². The number of carbonyl (C=O) groups excluding carboxylic acids is 1. The minimum atomic E-state index is -0.0374. The molecule has 2 nitrogen and oxygen atoms in total. The number of likely N-dealkylation sites (tertiary alicyclic amines) is 1. The molecule has 0 aromatic heterocycles. The molecule has 134 valence electrons. The first-order chi connectivity index (χ1) is 12.2. The van der Waals surface area contributed by atoms with Crippen molar-refractivity contribution < 1.29 is 4.79 Å². The third kappa shape index (κ3) is 2.55. The third-order valence-electron chi connectivity index (χ3n) is 7.79. The second kappa shape index (κ2) is 5.86. The van der Waals surface area contributed by atoms with Gasteiger partial charge in [-0.2, -0.15) is 0 Å². The summed E-state index contributed by atoms with van der Waals surface area (Å²) in [5, 5.41) is 0. The van der Waals surface area contributed by atoms with Crippen LogP contribution >= 0.6 is 0 Å². The van der Waals surface area contributed by atoms with Crippen molar-refractivity contribution >= 4 is 5.91 Å². The molecule has 1 amide bonds. The minimum Gasteiger partial charge on any atom is -0.342 e. The van der Waals surface area contributed by atoms with E-state index in [1.807, 2.05) is 0 Å². The highest BCUT2D eigenvalue weighted by atomic mass is 16.2. The fourth-order valence-corrected chi connectivity index (χ4v) is 7.25. The van der Waals surface area contributed by atoms with Crippen LogP contribution in [0.2, 0.25) is 0 Å². The fraction of sp³-hybridized carbons (Fsp3) is 0.696. The molecule has 4 saturated carbocycles. The second-order valence-corrected chi connectivity index (χ2v) is 9.59. The van der Waals surface area contributed by atoms with Crippen molar-refractivity contribution in [2.75, 3.05) is 13.1 Å². The van der Waals surface area contributed by atoms with E-state index < -0.39 is 0 Å². The average Bonchev–Trinajstić information content (AvgIpc) is 2.90. The van der Waals surface area contributed by atoms with Gasteiger partial charge in [-0.05, 0) is 74.2 Å². The van der Waals surface area contributed by atoms with E-state index in [1.54, 1.807) is 0 Å². The summed E-state index contributed by atoms with van der Waals surface area (Å²) in [7, 11) is 0. The average molecular weight is 338 g/mol. The number of amides is 1. The molecule has 0 N–H and O–H groups in total. The highest BCUT2D eigenvalue weighted by Crippen LogP contribution is 2.66. The van der Waals surface area contributed by atoms with E-state index in [1.165, 1.54) is 63.4 Å². The molecule has 2 heteroatoms. The topological polar surface area (TPSA) is 20.3 Å². The quantitative estimate of drug-likeness (QED) is 0.749. The van der Waals surface area contributed by atoms with Gasteiger partial charge in [0, 0.05) is 13.1 Å². The van der Waals surface area contributed by atoms with Crippen molar-refractivity contribution in [3.8, 4) is 0 Å². The molecule has 4 aliphatic carbocycles. The van der Waals surface area contributed by atoms with Gasteiger partial charge in [0.25, 0.3) is 0 Å². The maximum absolute atomic E-state index is 13.7. The Kier molecular flexibility index (Phi) is 3.73. The van der Waals surface area contributed by atoms with Crippen molar-refractivity contribution in [1.82, 2.24) is 4.90 Å². The lowest BCUT2D eigenvalue weighted by molar-refractivity contribution is -0.160. The van der Waals surface area contributed by atoms with Crippen LogP contribution < -0.4 is 0 Å². The van der Waals surface area contributed by atoms with Crippen LogP contribution in [0.4, 0.5) is 0 Å². The molecule has 25 heavy (non-hydrogen) atoms.